The molecule has 168 valence electrons. The summed E-state index contributed by atoms with van der Waals surface area (Å²) >= 11 is 2.48. The molecule has 0 atom stereocenters. The number of thiophene rings is 1. The van der Waals surface area contributed by atoms with E-state index in [0.717, 1.165) is 31.5 Å². The molecule has 0 aliphatic carbocycles. The fourth-order valence-corrected chi connectivity index (χ4v) is 6.52. The monoisotopic (exact) mass is 498 g/mol. The van der Waals surface area contributed by atoms with Crippen molar-refractivity contribution in [1.82, 2.24) is 0 Å². The van der Waals surface area contributed by atoms with E-state index < -0.39 is 28.3 Å². The molecule has 0 aliphatic rings. The minimum Gasteiger partial charge on any atom is -0.323 e. The molecule has 3 aromatic carbocycles. The molecule has 0 saturated carbocycles. The average molecular weight is 499 g/mol. The first-order valence-corrected chi connectivity index (χ1v) is 13.0. The minimum atomic E-state index is -4.13. The number of sulfonamides is 1. The first kappa shape index (κ1) is 23.0. The molecular formula is C24H19FN2O3S3. The number of benzene rings is 3. The summed E-state index contributed by atoms with van der Waals surface area (Å²) in [4.78, 5) is 14.8. The van der Waals surface area contributed by atoms with Gasteiger partial charge in [0.25, 0.3) is 10.0 Å². The normalized spacial score (nSPS) is 11.2. The molecule has 0 saturated heterocycles. The Hall–Kier alpha value is -3.14. The van der Waals surface area contributed by atoms with Crippen LogP contribution in [0.1, 0.15) is 0 Å². The topological polar surface area (TPSA) is 66.5 Å². The van der Waals surface area contributed by atoms with Crippen molar-refractivity contribution >= 4 is 50.4 Å². The second kappa shape index (κ2) is 10.2. The summed E-state index contributed by atoms with van der Waals surface area (Å²) in [5, 5.41) is 4.40. The zero-order chi connectivity index (χ0) is 23.3. The van der Waals surface area contributed by atoms with Crippen molar-refractivity contribution in [3.05, 3.63) is 102 Å². The molecule has 4 aromatic rings. The first-order chi connectivity index (χ1) is 15.9. The highest BCUT2D eigenvalue weighted by molar-refractivity contribution is 7.99. The van der Waals surface area contributed by atoms with E-state index in [-0.39, 0.29) is 9.90 Å². The van der Waals surface area contributed by atoms with E-state index >= 15 is 0 Å². The van der Waals surface area contributed by atoms with Gasteiger partial charge in [-0.05, 0) is 47.8 Å². The zero-order valence-corrected chi connectivity index (χ0v) is 19.7. The van der Waals surface area contributed by atoms with Crippen LogP contribution in [0.5, 0.6) is 0 Å². The summed E-state index contributed by atoms with van der Waals surface area (Å²) in [5.41, 5.74) is 0.353. The maximum atomic E-state index is 14.6. The number of anilines is 2. The third-order valence-corrected chi connectivity index (χ3v) is 8.80. The Balaban J connectivity index is 1.61. The number of para-hydroxylation sites is 2. The first-order valence-electron chi connectivity index (χ1n) is 9.88. The highest BCUT2D eigenvalue weighted by Crippen LogP contribution is 2.33. The Labute approximate surface area is 199 Å². The van der Waals surface area contributed by atoms with Crippen LogP contribution < -0.4 is 9.62 Å². The fourth-order valence-electron chi connectivity index (χ4n) is 3.07. The van der Waals surface area contributed by atoms with Crippen molar-refractivity contribution in [2.24, 2.45) is 0 Å². The van der Waals surface area contributed by atoms with Gasteiger partial charge in [-0.25, -0.2) is 12.8 Å². The van der Waals surface area contributed by atoms with E-state index in [4.69, 9.17) is 0 Å². The lowest BCUT2D eigenvalue weighted by Gasteiger charge is -2.24. The van der Waals surface area contributed by atoms with E-state index in [9.17, 15) is 17.6 Å². The second-order valence-corrected chi connectivity index (χ2v) is 11.0. The maximum Gasteiger partial charge on any atom is 0.274 e. The third kappa shape index (κ3) is 5.44. The molecule has 0 radical (unpaired) electrons. The molecular weight excluding hydrogens is 479 g/mol. The predicted octanol–water partition coefficient (Wildman–Crippen LogP) is 5.87. The SMILES string of the molecule is O=C(CN(c1ccccc1F)S(=O)(=O)c1cccs1)Nc1ccccc1Sc1ccccc1. The lowest BCUT2D eigenvalue weighted by atomic mass is 10.3. The molecule has 1 N–H and O–H groups in total. The molecule has 0 bridgehead atoms. The average Bonchev–Trinajstić information content (AvgIpc) is 3.36. The number of amides is 1. The van der Waals surface area contributed by atoms with Crippen molar-refractivity contribution < 1.29 is 17.6 Å². The molecule has 0 aliphatic heterocycles. The quantitative estimate of drug-likeness (QED) is 0.330. The Bertz CT molecular complexity index is 1340. The number of carbonyl (C=O) groups excluding carboxylic acids is 1. The summed E-state index contributed by atoms with van der Waals surface area (Å²) in [6, 6.07) is 25.4. The minimum absolute atomic E-state index is 0.0265. The Morgan fingerprint density at radius 2 is 1.61 bits per heavy atom. The van der Waals surface area contributed by atoms with Crippen LogP contribution in [0.2, 0.25) is 0 Å². The number of nitrogens with zero attached hydrogens (tertiary/aromatic N) is 1. The van der Waals surface area contributed by atoms with E-state index in [1.165, 1.54) is 36.0 Å². The van der Waals surface area contributed by atoms with Crippen LogP contribution in [0.4, 0.5) is 15.8 Å². The number of hydrogen-bond donors (Lipinski definition) is 1. The van der Waals surface area contributed by atoms with E-state index in [1.54, 1.807) is 23.6 Å². The largest absolute Gasteiger partial charge is 0.323 e. The van der Waals surface area contributed by atoms with Gasteiger partial charge in [0.1, 0.15) is 16.6 Å². The van der Waals surface area contributed by atoms with Gasteiger partial charge in [0.2, 0.25) is 5.91 Å². The lowest BCUT2D eigenvalue weighted by molar-refractivity contribution is -0.114. The fraction of sp³-hybridized carbons (Fsp3) is 0.0417. The van der Waals surface area contributed by atoms with Crippen LogP contribution >= 0.6 is 23.1 Å². The van der Waals surface area contributed by atoms with E-state index in [2.05, 4.69) is 5.32 Å². The van der Waals surface area contributed by atoms with Crippen LogP contribution in [0, 0.1) is 5.82 Å². The highest BCUT2D eigenvalue weighted by atomic mass is 32.2. The smallest absolute Gasteiger partial charge is 0.274 e. The van der Waals surface area contributed by atoms with E-state index in [1.807, 2.05) is 42.5 Å². The maximum absolute atomic E-state index is 14.6. The third-order valence-electron chi connectivity index (χ3n) is 4.58. The van der Waals surface area contributed by atoms with Crippen LogP contribution in [-0.2, 0) is 14.8 Å². The van der Waals surface area contributed by atoms with Gasteiger partial charge >= 0.3 is 0 Å². The highest BCUT2D eigenvalue weighted by Gasteiger charge is 2.30. The van der Waals surface area contributed by atoms with Crippen molar-refractivity contribution in [3.8, 4) is 0 Å². The summed E-state index contributed by atoms with van der Waals surface area (Å²) < 4.78 is 41.8. The van der Waals surface area contributed by atoms with Crippen LogP contribution in [0.3, 0.4) is 0 Å². The molecule has 9 heteroatoms. The molecule has 0 fully saturated rings. The van der Waals surface area contributed by atoms with Crippen molar-refractivity contribution in [2.75, 3.05) is 16.2 Å². The number of carbonyl (C=O) groups is 1. The molecule has 1 amide bonds. The van der Waals surface area contributed by atoms with Gasteiger partial charge in [-0.15, -0.1) is 11.3 Å². The van der Waals surface area contributed by atoms with Gasteiger partial charge in [-0.1, -0.05) is 60.3 Å². The Morgan fingerprint density at radius 3 is 2.33 bits per heavy atom. The van der Waals surface area contributed by atoms with Gasteiger partial charge in [-0.2, -0.15) is 0 Å². The second-order valence-electron chi connectivity index (χ2n) is 6.85. The Morgan fingerprint density at radius 1 is 0.909 bits per heavy atom. The summed E-state index contributed by atoms with van der Waals surface area (Å²) in [6.07, 6.45) is 0. The molecule has 0 spiro atoms. The summed E-state index contributed by atoms with van der Waals surface area (Å²) in [7, 11) is -4.13. The van der Waals surface area contributed by atoms with Crippen LogP contribution in [-0.4, -0.2) is 20.9 Å². The van der Waals surface area contributed by atoms with Gasteiger partial charge in [0.05, 0.1) is 11.4 Å². The number of halogens is 1. The van der Waals surface area contributed by atoms with Gasteiger partial charge in [-0.3, -0.25) is 9.10 Å². The van der Waals surface area contributed by atoms with Gasteiger partial charge in [0, 0.05) is 9.79 Å². The molecule has 1 aromatic heterocycles. The van der Waals surface area contributed by atoms with Gasteiger partial charge in [0.15, 0.2) is 0 Å². The number of nitrogens with one attached hydrogen (secondary N) is 1. The standard InChI is InChI=1S/C24H19FN2O3S3/c25-19-11-4-6-13-21(19)27(33(29,30)24-15-8-16-31-24)17-23(28)26-20-12-5-7-14-22(20)32-18-9-2-1-3-10-18/h1-16H,17H2,(H,26,28). The van der Waals surface area contributed by atoms with E-state index in [0.29, 0.717) is 5.69 Å². The van der Waals surface area contributed by atoms with Crippen molar-refractivity contribution in [1.29, 1.82) is 0 Å². The summed E-state index contributed by atoms with van der Waals surface area (Å²) in [5.74, 6) is -1.31. The van der Waals surface area contributed by atoms with Crippen molar-refractivity contribution in [2.45, 2.75) is 14.0 Å². The van der Waals surface area contributed by atoms with Gasteiger partial charge < -0.3 is 5.32 Å². The molecule has 1 heterocycles. The molecule has 4 rings (SSSR count). The molecule has 0 unspecified atom stereocenters. The molecule has 5 nitrogen and oxygen atoms in total. The van der Waals surface area contributed by atoms with Crippen LogP contribution in [0.25, 0.3) is 0 Å². The summed E-state index contributed by atoms with van der Waals surface area (Å²) in [6.45, 7) is -0.578. The Kier molecular flexibility index (Phi) is 7.12. The predicted molar refractivity (Wildman–Crippen MR) is 131 cm³/mol. The van der Waals surface area contributed by atoms with Crippen molar-refractivity contribution in [3.63, 3.8) is 0 Å². The lowest BCUT2D eigenvalue weighted by Crippen LogP contribution is -2.38. The number of rotatable bonds is 8. The van der Waals surface area contributed by atoms with Crippen LogP contribution in [0.15, 0.2) is 110 Å². The number of hydrogen-bond acceptors (Lipinski definition) is 5. The molecule has 33 heavy (non-hydrogen) atoms. The zero-order valence-electron chi connectivity index (χ0n) is 17.2.